The molecule has 0 fully saturated rings. The van der Waals surface area contributed by atoms with Crippen molar-refractivity contribution >= 4 is 17.5 Å². The number of nitrogens with zero attached hydrogens (tertiary/aromatic N) is 1. The number of carbonyl (C=O) groups is 1. The number of aromatic nitrogens is 1. The Morgan fingerprint density at radius 1 is 1.17 bits per heavy atom. The van der Waals surface area contributed by atoms with Gasteiger partial charge >= 0.3 is 0 Å². The number of nitrogens with one attached hydrogen (secondary N) is 1. The smallest absolute Gasteiger partial charge is 0.270 e. The van der Waals surface area contributed by atoms with Crippen molar-refractivity contribution in [2.24, 2.45) is 0 Å². The number of pyridine rings is 1. The van der Waals surface area contributed by atoms with Gasteiger partial charge in [-0.2, -0.15) is 0 Å². The largest absolute Gasteiger partial charge is 0.344 e. The molecule has 0 bridgehead atoms. The second-order valence-corrected chi connectivity index (χ2v) is 4.34. The standard InChI is InChI=1S/C14H13ClN2O/c1-10(11-6-3-2-4-7-11)16-14(18)12-8-5-9-13(15)17-12/h2-10H,1H3,(H,16,18). The molecule has 0 saturated carbocycles. The molecular formula is C14H13ClN2O. The number of rotatable bonds is 3. The van der Waals surface area contributed by atoms with Crippen LogP contribution in [0.5, 0.6) is 0 Å². The number of hydrogen-bond acceptors (Lipinski definition) is 2. The number of benzene rings is 1. The zero-order chi connectivity index (χ0) is 13.0. The minimum Gasteiger partial charge on any atom is -0.344 e. The van der Waals surface area contributed by atoms with Gasteiger partial charge in [-0.1, -0.05) is 48.0 Å². The maximum absolute atomic E-state index is 11.9. The van der Waals surface area contributed by atoms with Crippen LogP contribution in [-0.2, 0) is 0 Å². The van der Waals surface area contributed by atoms with Crippen LogP contribution in [0.25, 0.3) is 0 Å². The van der Waals surface area contributed by atoms with Crippen LogP contribution in [0.3, 0.4) is 0 Å². The van der Waals surface area contributed by atoms with Crippen molar-refractivity contribution in [3.8, 4) is 0 Å². The molecule has 18 heavy (non-hydrogen) atoms. The predicted molar refractivity (Wildman–Crippen MR) is 71.6 cm³/mol. The van der Waals surface area contributed by atoms with Gasteiger partial charge in [0, 0.05) is 0 Å². The van der Waals surface area contributed by atoms with Crippen LogP contribution >= 0.6 is 11.6 Å². The highest BCUT2D eigenvalue weighted by molar-refractivity contribution is 6.29. The molecule has 0 radical (unpaired) electrons. The molecule has 1 atom stereocenters. The van der Waals surface area contributed by atoms with E-state index < -0.39 is 0 Å². The molecule has 3 nitrogen and oxygen atoms in total. The first-order chi connectivity index (χ1) is 8.66. The molecule has 1 unspecified atom stereocenters. The van der Waals surface area contributed by atoms with Crippen LogP contribution in [0.1, 0.15) is 29.0 Å². The molecule has 2 aromatic rings. The molecule has 0 aliphatic heterocycles. The third-order valence-electron chi connectivity index (χ3n) is 2.59. The highest BCUT2D eigenvalue weighted by Crippen LogP contribution is 2.12. The van der Waals surface area contributed by atoms with Gasteiger partial charge in [-0.25, -0.2) is 4.98 Å². The Morgan fingerprint density at radius 3 is 2.56 bits per heavy atom. The van der Waals surface area contributed by atoms with Crippen LogP contribution in [0.15, 0.2) is 48.5 Å². The fourth-order valence-corrected chi connectivity index (χ4v) is 1.79. The van der Waals surface area contributed by atoms with Crippen molar-refractivity contribution in [3.63, 3.8) is 0 Å². The van der Waals surface area contributed by atoms with Gasteiger partial charge in [-0.3, -0.25) is 4.79 Å². The third kappa shape index (κ3) is 3.08. The van der Waals surface area contributed by atoms with Crippen LogP contribution < -0.4 is 5.32 Å². The molecule has 0 spiro atoms. The minimum absolute atomic E-state index is 0.0699. The van der Waals surface area contributed by atoms with Crippen LogP contribution in [0, 0.1) is 0 Å². The van der Waals surface area contributed by atoms with Crippen molar-refractivity contribution in [2.75, 3.05) is 0 Å². The van der Waals surface area contributed by atoms with Gasteiger partial charge in [0.2, 0.25) is 0 Å². The SMILES string of the molecule is CC(NC(=O)c1cccc(Cl)n1)c1ccccc1. The van der Waals surface area contributed by atoms with E-state index in [1.165, 1.54) is 0 Å². The quantitative estimate of drug-likeness (QED) is 0.861. The zero-order valence-corrected chi connectivity index (χ0v) is 10.7. The van der Waals surface area contributed by atoms with Crippen molar-refractivity contribution < 1.29 is 4.79 Å². The van der Waals surface area contributed by atoms with Gasteiger partial charge in [-0.15, -0.1) is 0 Å². The van der Waals surface area contributed by atoms with E-state index in [-0.39, 0.29) is 11.9 Å². The number of carbonyl (C=O) groups excluding carboxylic acids is 1. The Balaban J connectivity index is 2.08. The molecule has 0 saturated heterocycles. The second-order valence-electron chi connectivity index (χ2n) is 3.95. The summed E-state index contributed by atoms with van der Waals surface area (Å²) >= 11 is 5.75. The van der Waals surface area contributed by atoms with E-state index >= 15 is 0 Å². The summed E-state index contributed by atoms with van der Waals surface area (Å²) in [5, 5.41) is 3.19. The van der Waals surface area contributed by atoms with E-state index in [1.54, 1.807) is 18.2 Å². The summed E-state index contributed by atoms with van der Waals surface area (Å²) in [6.07, 6.45) is 0. The monoisotopic (exact) mass is 260 g/mol. The number of amides is 1. The van der Waals surface area contributed by atoms with Gasteiger partial charge in [0.05, 0.1) is 6.04 Å². The van der Waals surface area contributed by atoms with Crippen molar-refractivity contribution in [2.45, 2.75) is 13.0 Å². The maximum Gasteiger partial charge on any atom is 0.270 e. The second kappa shape index (κ2) is 5.65. The number of hydrogen-bond donors (Lipinski definition) is 1. The molecule has 0 aliphatic carbocycles. The lowest BCUT2D eigenvalue weighted by Crippen LogP contribution is -2.27. The van der Waals surface area contributed by atoms with E-state index in [0.717, 1.165) is 5.56 Å². The molecule has 1 N–H and O–H groups in total. The van der Waals surface area contributed by atoms with Gasteiger partial charge in [0.1, 0.15) is 10.8 Å². The van der Waals surface area contributed by atoms with Crippen LogP contribution in [-0.4, -0.2) is 10.9 Å². The fourth-order valence-electron chi connectivity index (χ4n) is 1.63. The molecule has 0 aliphatic rings. The molecule has 92 valence electrons. The lowest BCUT2D eigenvalue weighted by atomic mass is 10.1. The Bertz CT molecular complexity index is 543. The summed E-state index contributed by atoms with van der Waals surface area (Å²) in [4.78, 5) is 15.9. The molecule has 2 rings (SSSR count). The van der Waals surface area contributed by atoms with E-state index in [9.17, 15) is 4.79 Å². The van der Waals surface area contributed by atoms with Gasteiger partial charge in [0.25, 0.3) is 5.91 Å². The van der Waals surface area contributed by atoms with Crippen molar-refractivity contribution in [1.82, 2.24) is 10.3 Å². The van der Waals surface area contributed by atoms with E-state index in [2.05, 4.69) is 10.3 Å². The summed E-state index contributed by atoms with van der Waals surface area (Å²) < 4.78 is 0. The summed E-state index contributed by atoms with van der Waals surface area (Å²) in [6.45, 7) is 1.93. The Labute approximate surface area is 111 Å². The first-order valence-electron chi connectivity index (χ1n) is 5.65. The van der Waals surface area contributed by atoms with Gasteiger partial charge in [-0.05, 0) is 24.6 Å². The molecule has 4 heteroatoms. The molecule has 1 aromatic carbocycles. The van der Waals surface area contributed by atoms with E-state index in [0.29, 0.717) is 10.8 Å². The van der Waals surface area contributed by atoms with Gasteiger partial charge < -0.3 is 5.32 Å². The molecule has 1 aromatic heterocycles. The van der Waals surface area contributed by atoms with Crippen molar-refractivity contribution in [1.29, 1.82) is 0 Å². The maximum atomic E-state index is 11.9. The van der Waals surface area contributed by atoms with Gasteiger partial charge in [0.15, 0.2) is 0 Å². The lowest BCUT2D eigenvalue weighted by molar-refractivity contribution is 0.0935. The lowest BCUT2D eigenvalue weighted by Gasteiger charge is -2.13. The average Bonchev–Trinajstić information content (AvgIpc) is 2.39. The van der Waals surface area contributed by atoms with Crippen LogP contribution in [0.4, 0.5) is 0 Å². The predicted octanol–water partition coefficient (Wildman–Crippen LogP) is 3.23. The molecule has 1 amide bonds. The van der Waals surface area contributed by atoms with E-state index in [4.69, 9.17) is 11.6 Å². The Kier molecular flexibility index (Phi) is 3.95. The third-order valence-corrected chi connectivity index (χ3v) is 2.81. The Morgan fingerprint density at radius 2 is 1.89 bits per heavy atom. The topological polar surface area (TPSA) is 42.0 Å². The average molecular weight is 261 g/mol. The summed E-state index contributed by atoms with van der Waals surface area (Å²) in [5.41, 5.74) is 1.37. The fraction of sp³-hybridized carbons (Fsp3) is 0.143. The highest BCUT2D eigenvalue weighted by Gasteiger charge is 2.12. The van der Waals surface area contributed by atoms with Crippen LogP contribution in [0.2, 0.25) is 5.15 Å². The summed E-state index contributed by atoms with van der Waals surface area (Å²) in [5.74, 6) is -0.228. The highest BCUT2D eigenvalue weighted by atomic mass is 35.5. The van der Waals surface area contributed by atoms with Crippen molar-refractivity contribution in [3.05, 3.63) is 64.9 Å². The normalized spacial score (nSPS) is 11.9. The first-order valence-corrected chi connectivity index (χ1v) is 6.03. The summed E-state index contributed by atoms with van der Waals surface area (Å²) in [6, 6.07) is 14.7. The molecular weight excluding hydrogens is 248 g/mol. The minimum atomic E-state index is -0.228. The first kappa shape index (κ1) is 12.6. The zero-order valence-electron chi connectivity index (χ0n) is 9.93. The Hall–Kier alpha value is -1.87. The molecule has 1 heterocycles. The summed E-state index contributed by atoms with van der Waals surface area (Å²) in [7, 11) is 0. The number of halogens is 1. The van der Waals surface area contributed by atoms with E-state index in [1.807, 2.05) is 37.3 Å².